The Morgan fingerprint density at radius 2 is 1.61 bits per heavy atom. The Morgan fingerprint density at radius 1 is 0.889 bits per heavy atom. The van der Waals surface area contributed by atoms with Crippen molar-refractivity contribution in [1.82, 2.24) is 0 Å². The second-order valence-corrected chi connectivity index (χ2v) is 8.13. The number of phenolic OH excluding ortho intramolecular Hbond substituents is 3. The number of aliphatic hydroxyl groups is 1. The maximum atomic E-state index is 12.6. The van der Waals surface area contributed by atoms with Crippen molar-refractivity contribution in [1.29, 1.82) is 0 Å². The summed E-state index contributed by atoms with van der Waals surface area (Å²) in [5, 5.41) is 40.0. The van der Waals surface area contributed by atoms with Crippen molar-refractivity contribution in [2.24, 2.45) is 0 Å². The lowest BCUT2D eigenvalue weighted by Gasteiger charge is -2.33. The number of hydrogen-bond donors (Lipinski definition) is 4. The number of benzene rings is 3. The van der Waals surface area contributed by atoms with Crippen molar-refractivity contribution in [3.05, 3.63) is 64.3 Å². The molecule has 10 heteroatoms. The highest BCUT2D eigenvalue weighted by molar-refractivity contribution is 5.86. The molecule has 1 aromatic heterocycles. The first-order chi connectivity index (χ1) is 17.3. The van der Waals surface area contributed by atoms with Gasteiger partial charge < -0.3 is 43.8 Å². The van der Waals surface area contributed by atoms with Gasteiger partial charge in [-0.05, 0) is 30.3 Å². The molecular weight excluding hydrogens is 472 g/mol. The first kappa shape index (κ1) is 23.2. The summed E-state index contributed by atoms with van der Waals surface area (Å²) < 4.78 is 28.4. The van der Waals surface area contributed by atoms with E-state index in [1.54, 1.807) is 30.3 Å². The lowest BCUT2D eigenvalue weighted by molar-refractivity contribution is -0.0124. The van der Waals surface area contributed by atoms with Crippen LogP contribution in [0.1, 0.15) is 11.7 Å². The van der Waals surface area contributed by atoms with E-state index in [1.165, 1.54) is 26.4 Å². The average molecular weight is 494 g/mol. The summed E-state index contributed by atoms with van der Waals surface area (Å²) in [6.07, 6.45) is -1.56. The topological polar surface area (TPSA) is 148 Å². The second kappa shape index (κ2) is 8.90. The van der Waals surface area contributed by atoms with Crippen molar-refractivity contribution >= 4 is 11.0 Å². The maximum absolute atomic E-state index is 12.6. The third-order valence-electron chi connectivity index (χ3n) is 5.90. The Bertz CT molecular complexity index is 1500. The van der Waals surface area contributed by atoms with E-state index in [1.807, 2.05) is 0 Å². The molecule has 0 fully saturated rings. The number of hydrogen-bond acceptors (Lipinski definition) is 10. The highest BCUT2D eigenvalue weighted by Gasteiger charge is 2.34. The number of rotatable bonds is 5. The first-order valence-electron chi connectivity index (χ1n) is 10.9. The van der Waals surface area contributed by atoms with Gasteiger partial charge in [-0.2, -0.15) is 0 Å². The number of fused-ring (bicyclic) bond motifs is 2. The van der Waals surface area contributed by atoms with Gasteiger partial charge in [0.1, 0.15) is 28.2 Å². The van der Waals surface area contributed by atoms with Crippen molar-refractivity contribution in [2.75, 3.05) is 20.8 Å². The predicted octanol–water partition coefficient (Wildman–Crippen LogP) is 3.47. The van der Waals surface area contributed by atoms with Crippen LogP contribution in [0.3, 0.4) is 0 Å². The van der Waals surface area contributed by atoms with Crippen LogP contribution in [0.5, 0.6) is 40.2 Å². The fourth-order valence-corrected chi connectivity index (χ4v) is 4.18. The SMILES string of the molecule is COc1cc([C@@H]2Oc3cc(-c4cc(=O)c5c(O)cc(O)cc5o4)ccc3O[C@H]2CO)cc(OC)c1O. The van der Waals surface area contributed by atoms with E-state index < -0.39 is 17.6 Å². The van der Waals surface area contributed by atoms with Crippen LogP contribution in [0, 0.1) is 0 Å². The van der Waals surface area contributed by atoms with Gasteiger partial charge in [0.15, 0.2) is 40.6 Å². The summed E-state index contributed by atoms with van der Waals surface area (Å²) >= 11 is 0. The number of aliphatic hydroxyl groups excluding tert-OH is 1. The Hall–Kier alpha value is -4.57. The van der Waals surface area contributed by atoms with E-state index in [2.05, 4.69) is 0 Å². The Morgan fingerprint density at radius 3 is 2.28 bits per heavy atom. The zero-order valence-corrected chi connectivity index (χ0v) is 19.2. The van der Waals surface area contributed by atoms with Crippen molar-refractivity contribution in [3.8, 4) is 51.6 Å². The highest BCUT2D eigenvalue weighted by Crippen LogP contribution is 2.45. The van der Waals surface area contributed by atoms with E-state index in [0.717, 1.165) is 6.07 Å². The minimum Gasteiger partial charge on any atom is -0.508 e. The van der Waals surface area contributed by atoms with E-state index in [0.29, 0.717) is 22.6 Å². The van der Waals surface area contributed by atoms with Crippen LogP contribution in [-0.2, 0) is 0 Å². The summed E-state index contributed by atoms with van der Waals surface area (Å²) in [7, 11) is 2.80. The van der Waals surface area contributed by atoms with Crippen LogP contribution in [0.25, 0.3) is 22.3 Å². The molecule has 2 heterocycles. The van der Waals surface area contributed by atoms with Gasteiger partial charge >= 0.3 is 0 Å². The Kier molecular flexibility index (Phi) is 5.73. The van der Waals surface area contributed by atoms with Crippen molar-refractivity contribution in [2.45, 2.75) is 12.2 Å². The van der Waals surface area contributed by atoms with Gasteiger partial charge in [0, 0.05) is 29.3 Å². The molecule has 1 aliphatic heterocycles. The summed E-state index contributed by atoms with van der Waals surface area (Å²) in [4.78, 5) is 12.6. The molecule has 0 saturated heterocycles. The number of methoxy groups -OCH3 is 2. The normalized spacial score (nSPS) is 16.6. The van der Waals surface area contributed by atoms with E-state index in [4.69, 9.17) is 23.4 Å². The standard InChI is InChI=1S/C26H22O10/c1-32-21-6-13(7-22(33-2)25(21)31)26-23(11-27)34-17-4-3-12(5-19(17)36-26)18-10-16(30)24-15(29)8-14(28)9-20(24)35-18/h3-10,23,26-29,31H,11H2,1-2H3/t23-,26-/m0/s1. The molecule has 4 N–H and O–H groups in total. The smallest absolute Gasteiger partial charge is 0.200 e. The van der Waals surface area contributed by atoms with Gasteiger partial charge in [-0.15, -0.1) is 0 Å². The molecule has 4 aromatic rings. The molecule has 0 unspecified atom stereocenters. The summed E-state index contributed by atoms with van der Waals surface area (Å²) in [5.74, 6) is 0.372. The molecule has 0 spiro atoms. The molecular formula is C26H22O10. The van der Waals surface area contributed by atoms with Crippen LogP contribution in [0.2, 0.25) is 0 Å². The fraction of sp³-hybridized carbons (Fsp3) is 0.192. The van der Waals surface area contributed by atoms with E-state index in [9.17, 15) is 25.2 Å². The second-order valence-electron chi connectivity index (χ2n) is 8.13. The summed E-state index contributed by atoms with van der Waals surface area (Å²) in [6.45, 7) is -0.357. The number of phenols is 3. The highest BCUT2D eigenvalue weighted by atomic mass is 16.6. The number of ether oxygens (including phenoxy) is 4. The molecule has 36 heavy (non-hydrogen) atoms. The molecule has 0 amide bonds. The molecule has 1 aliphatic rings. The van der Waals surface area contributed by atoms with Gasteiger partial charge in [-0.25, -0.2) is 0 Å². The largest absolute Gasteiger partial charge is 0.508 e. The van der Waals surface area contributed by atoms with Crippen molar-refractivity contribution in [3.63, 3.8) is 0 Å². The molecule has 0 saturated carbocycles. The van der Waals surface area contributed by atoms with Gasteiger partial charge in [0.05, 0.1) is 20.8 Å². The molecule has 10 nitrogen and oxygen atoms in total. The predicted molar refractivity (Wildman–Crippen MR) is 127 cm³/mol. The van der Waals surface area contributed by atoms with Gasteiger partial charge in [-0.3, -0.25) is 4.79 Å². The third kappa shape index (κ3) is 3.87. The summed E-state index contributed by atoms with van der Waals surface area (Å²) in [5.41, 5.74) is 0.535. The van der Waals surface area contributed by atoms with Crippen LogP contribution in [-0.4, -0.2) is 47.4 Å². The minimum atomic E-state index is -0.793. The Balaban J connectivity index is 1.57. The first-order valence-corrected chi connectivity index (χ1v) is 10.9. The molecule has 2 atom stereocenters. The molecule has 0 bridgehead atoms. The monoisotopic (exact) mass is 494 g/mol. The van der Waals surface area contributed by atoms with Crippen LogP contribution in [0.15, 0.2) is 57.7 Å². The molecule has 3 aromatic carbocycles. The van der Waals surface area contributed by atoms with E-state index in [-0.39, 0.29) is 52.1 Å². The maximum Gasteiger partial charge on any atom is 0.200 e. The van der Waals surface area contributed by atoms with Crippen molar-refractivity contribution < 1.29 is 43.8 Å². The lowest BCUT2D eigenvalue weighted by Crippen LogP contribution is -2.36. The van der Waals surface area contributed by atoms with Gasteiger partial charge in [0.2, 0.25) is 5.75 Å². The van der Waals surface area contributed by atoms with E-state index >= 15 is 0 Å². The zero-order chi connectivity index (χ0) is 25.6. The minimum absolute atomic E-state index is 0.0198. The summed E-state index contributed by atoms with van der Waals surface area (Å²) in [6, 6.07) is 11.5. The molecule has 186 valence electrons. The third-order valence-corrected chi connectivity index (χ3v) is 5.90. The zero-order valence-electron chi connectivity index (χ0n) is 19.2. The molecule has 0 aliphatic carbocycles. The van der Waals surface area contributed by atoms with Crippen LogP contribution in [0.4, 0.5) is 0 Å². The van der Waals surface area contributed by atoms with Crippen LogP contribution < -0.4 is 24.4 Å². The average Bonchev–Trinajstić information content (AvgIpc) is 2.87. The molecule has 5 rings (SSSR count). The number of aromatic hydroxyl groups is 3. The molecule has 0 radical (unpaired) electrons. The van der Waals surface area contributed by atoms with Crippen LogP contribution >= 0.6 is 0 Å². The lowest BCUT2D eigenvalue weighted by atomic mass is 10.0. The van der Waals surface area contributed by atoms with Gasteiger partial charge in [0.25, 0.3) is 0 Å². The fourth-order valence-electron chi connectivity index (χ4n) is 4.18. The van der Waals surface area contributed by atoms with Gasteiger partial charge in [-0.1, -0.05) is 0 Å². The Labute approximate surface area is 204 Å². The quantitative estimate of drug-likeness (QED) is 0.325.